The number of benzene rings is 3. The molecule has 190 valence electrons. The Morgan fingerprint density at radius 2 is 1.84 bits per heavy atom. The van der Waals surface area contributed by atoms with Crippen LogP contribution in [-0.2, 0) is 20.7 Å². The van der Waals surface area contributed by atoms with E-state index >= 15 is 0 Å². The molecule has 1 amide bonds. The van der Waals surface area contributed by atoms with Crippen molar-refractivity contribution in [1.82, 2.24) is 4.90 Å². The first-order valence-corrected chi connectivity index (χ1v) is 13.2. The molecular formula is C30H30N2O4S. The topological polar surface area (TPSA) is 79.6 Å². The Labute approximate surface area is 222 Å². The lowest BCUT2D eigenvalue weighted by atomic mass is 10.0. The van der Waals surface area contributed by atoms with Gasteiger partial charge >= 0.3 is 5.97 Å². The van der Waals surface area contributed by atoms with Crippen LogP contribution in [0, 0.1) is 17.2 Å². The van der Waals surface area contributed by atoms with Crippen molar-refractivity contribution in [3.05, 3.63) is 90.0 Å². The molecule has 1 aliphatic rings. The Morgan fingerprint density at radius 3 is 2.57 bits per heavy atom. The predicted molar refractivity (Wildman–Crippen MR) is 142 cm³/mol. The lowest BCUT2D eigenvalue weighted by Gasteiger charge is -2.25. The van der Waals surface area contributed by atoms with Crippen molar-refractivity contribution < 1.29 is 19.1 Å². The van der Waals surface area contributed by atoms with Crippen LogP contribution in [0.4, 0.5) is 0 Å². The minimum absolute atomic E-state index is 0.00147. The second-order valence-corrected chi connectivity index (χ2v) is 10.2. The van der Waals surface area contributed by atoms with Gasteiger partial charge in [0.25, 0.3) is 0 Å². The number of carbonyl (C=O) groups excluding carboxylic acids is 2. The van der Waals surface area contributed by atoms with Gasteiger partial charge in [-0.05, 0) is 67.3 Å². The monoisotopic (exact) mass is 514 g/mol. The minimum Gasteiger partial charge on any atom is -0.491 e. The minimum atomic E-state index is -0.374. The van der Waals surface area contributed by atoms with E-state index in [4.69, 9.17) is 14.7 Å². The summed E-state index contributed by atoms with van der Waals surface area (Å²) in [6.07, 6.45) is 2.40. The van der Waals surface area contributed by atoms with Gasteiger partial charge in [-0.15, -0.1) is 0 Å². The Bertz CT molecular complexity index is 1240. The molecule has 37 heavy (non-hydrogen) atoms. The summed E-state index contributed by atoms with van der Waals surface area (Å²) in [5, 5.41) is 9.10. The van der Waals surface area contributed by atoms with E-state index in [1.807, 2.05) is 65.6 Å². The number of aryl methyl sites for hydroxylation is 1. The van der Waals surface area contributed by atoms with Crippen molar-refractivity contribution in [1.29, 1.82) is 5.26 Å². The van der Waals surface area contributed by atoms with Gasteiger partial charge in [-0.1, -0.05) is 48.2 Å². The molecule has 0 aliphatic carbocycles. The van der Waals surface area contributed by atoms with Crippen LogP contribution in [0.5, 0.6) is 5.75 Å². The van der Waals surface area contributed by atoms with Gasteiger partial charge in [0.15, 0.2) is 0 Å². The first-order valence-electron chi connectivity index (χ1n) is 12.4. The van der Waals surface area contributed by atoms with E-state index in [2.05, 4.69) is 18.2 Å². The van der Waals surface area contributed by atoms with Crippen LogP contribution in [0.2, 0.25) is 0 Å². The number of esters is 1. The standard InChI is InChI=1S/C30H30N2O4S/c1-35-29(33)19-24-18-25(32(30(24)34)16-6-10-22-7-3-2-4-8-22)21-36-26-12-14-27(15-13-26)37-28-11-5-9-23(17-28)20-31/h2-5,7-9,11-15,17,24-25H,6,10,16,18-19,21H2,1H3/t24-,25-/m0/s1. The average molecular weight is 515 g/mol. The number of ether oxygens (including phenoxy) is 2. The first-order chi connectivity index (χ1) is 18.1. The van der Waals surface area contributed by atoms with Crippen LogP contribution in [0.25, 0.3) is 0 Å². The first kappa shape index (κ1) is 26.3. The second-order valence-electron chi connectivity index (χ2n) is 9.01. The summed E-state index contributed by atoms with van der Waals surface area (Å²) < 4.78 is 10.9. The number of nitrogens with zero attached hydrogens (tertiary/aromatic N) is 2. The molecule has 0 N–H and O–H groups in total. The van der Waals surface area contributed by atoms with E-state index in [0.29, 0.717) is 25.1 Å². The molecule has 1 heterocycles. The summed E-state index contributed by atoms with van der Waals surface area (Å²) in [6.45, 7) is 0.988. The zero-order valence-electron chi connectivity index (χ0n) is 20.8. The molecule has 0 aromatic heterocycles. The van der Waals surface area contributed by atoms with Gasteiger partial charge in [0.2, 0.25) is 5.91 Å². The van der Waals surface area contributed by atoms with Crippen molar-refractivity contribution in [2.45, 2.75) is 41.5 Å². The van der Waals surface area contributed by atoms with Gasteiger partial charge in [-0.2, -0.15) is 5.26 Å². The van der Waals surface area contributed by atoms with E-state index in [-0.39, 0.29) is 30.3 Å². The summed E-state index contributed by atoms with van der Waals surface area (Å²) in [7, 11) is 1.35. The molecule has 1 saturated heterocycles. The number of hydrogen-bond donors (Lipinski definition) is 0. The normalized spacial score (nSPS) is 16.9. The van der Waals surface area contributed by atoms with E-state index in [1.165, 1.54) is 12.7 Å². The van der Waals surface area contributed by atoms with E-state index < -0.39 is 0 Å². The number of rotatable bonds is 11. The molecular weight excluding hydrogens is 484 g/mol. The van der Waals surface area contributed by atoms with Crippen molar-refractivity contribution in [2.75, 3.05) is 20.3 Å². The number of amides is 1. The molecule has 0 bridgehead atoms. The summed E-state index contributed by atoms with van der Waals surface area (Å²) >= 11 is 1.58. The fraction of sp³-hybridized carbons (Fsp3) is 0.300. The van der Waals surface area contributed by atoms with Gasteiger partial charge in [0.05, 0.1) is 37.1 Å². The highest BCUT2D eigenvalue weighted by Gasteiger charge is 2.40. The molecule has 0 spiro atoms. The average Bonchev–Trinajstić information content (AvgIpc) is 3.22. The number of hydrogen-bond acceptors (Lipinski definition) is 6. The van der Waals surface area contributed by atoms with Crippen LogP contribution < -0.4 is 4.74 Å². The summed E-state index contributed by atoms with van der Waals surface area (Å²) in [5.41, 5.74) is 1.88. The van der Waals surface area contributed by atoms with Gasteiger partial charge < -0.3 is 14.4 Å². The van der Waals surface area contributed by atoms with Crippen molar-refractivity contribution >= 4 is 23.6 Å². The van der Waals surface area contributed by atoms with Crippen LogP contribution in [-0.4, -0.2) is 43.1 Å². The summed E-state index contributed by atoms with van der Waals surface area (Å²) in [5.74, 6) is -0.0140. The molecule has 1 aliphatic heterocycles. The zero-order valence-corrected chi connectivity index (χ0v) is 21.7. The molecule has 1 fully saturated rings. The second kappa shape index (κ2) is 13.0. The van der Waals surface area contributed by atoms with Gasteiger partial charge in [0.1, 0.15) is 12.4 Å². The molecule has 2 atom stereocenters. The maximum Gasteiger partial charge on any atom is 0.306 e. The number of nitriles is 1. The molecule has 3 aromatic carbocycles. The maximum atomic E-state index is 13.1. The molecule has 0 unspecified atom stereocenters. The van der Waals surface area contributed by atoms with Crippen molar-refractivity contribution in [3.8, 4) is 11.8 Å². The Hall–Kier alpha value is -3.76. The van der Waals surface area contributed by atoms with Crippen LogP contribution in [0.3, 0.4) is 0 Å². The van der Waals surface area contributed by atoms with E-state index in [0.717, 1.165) is 28.4 Å². The Balaban J connectivity index is 1.36. The molecule has 7 heteroatoms. The third-order valence-corrected chi connectivity index (χ3v) is 7.44. The molecule has 3 aromatic rings. The fourth-order valence-electron chi connectivity index (χ4n) is 4.54. The van der Waals surface area contributed by atoms with Gasteiger partial charge in [-0.3, -0.25) is 9.59 Å². The zero-order chi connectivity index (χ0) is 26.0. The third kappa shape index (κ3) is 7.37. The van der Waals surface area contributed by atoms with Gasteiger partial charge in [0, 0.05) is 16.3 Å². The highest BCUT2D eigenvalue weighted by Crippen LogP contribution is 2.31. The number of carbonyl (C=O) groups is 2. The molecule has 0 radical (unpaired) electrons. The molecule has 6 nitrogen and oxygen atoms in total. The molecule has 4 rings (SSSR count). The third-order valence-electron chi connectivity index (χ3n) is 6.44. The lowest BCUT2D eigenvalue weighted by Crippen LogP contribution is -2.38. The Morgan fingerprint density at radius 1 is 1.05 bits per heavy atom. The van der Waals surface area contributed by atoms with E-state index in [9.17, 15) is 9.59 Å². The van der Waals surface area contributed by atoms with Gasteiger partial charge in [-0.25, -0.2) is 0 Å². The number of methoxy groups -OCH3 is 1. The van der Waals surface area contributed by atoms with E-state index in [1.54, 1.807) is 17.8 Å². The van der Waals surface area contributed by atoms with Crippen LogP contribution in [0.1, 0.15) is 30.4 Å². The smallest absolute Gasteiger partial charge is 0.306 e. The van der Waals surface area contributed by atoms with Crippen molar-refractivity contribution in [2.24, 2.45) is 5.92 Å². The summed E-state index contributed by atoms with van der Waals surface area (Å²) in [6, 6.07) is 27.6. The summed E-state index contributed by atoms with van der Waals surface area (Å²) in [4.78, 5) is 28.9. The molecule has 0 saturated carbocycles. The number of likely N-dealkylation sites (tertiary alicyclic amines) is 1. The van der Waals surface area contributed by atoms with Crippen molar-refractivity contribution in [3.63, 3.8) is 0 Å². The maximum absolute atomic E-state index is 13.1. The Kier molecular flexibility index (Phi) is 9.23. The lowest BCUT2D eigenvalue weighted by molar-refractivity contribution is -0.144. The highest BCUT2D eigenvalue weighted by molar-refractivity contribution is 7.99. The fourth-order valence-corrected chi connectivity index (χ4v) is 5.41. The van der Waals surface area contributed by atoms with Crippen LogP contribution >= 0.6 is 11.8 Å². The quantitative estimate of drug-likeness (QED) is 0.314. The predicted octanol–water partition coefficient (Wildman–Crippen LogP) is 5.50. The van der Waals surface area contributed by atoms with Crippen LogP contribution in [0.15, 0.2) is 88.7 Å². The highest BCUT2D eigenvalue weighted by atomic mass is 32.2. The SMILES string of the molecule is COC(=O)C[C@@H]1C[C@@H](COc2ccc(Sc3cccc(C#N)c3)cc2)N(CCCc2ccccc2)C1=O. The largest absolute Gasteiger partial charge is 0.491 e.